The summed E-state index contributed by atoms with van der Waals surface area (Å²) < 4.78 is 0. The topological polar surface area (TPSA) is 83.6 Å². The molecule has 0 aliphatic carbocycles. The molecule has 2 unspecified atom stereocenters. The number of carboxylic acid groups (broad SMARTS) is 1. The van der Waals surface area contributed by atoms with Gasteiger partial charge in [-0.1, -0.05) is 20.8 Å². The summed E-state index contributed by atoms with van der Waals surface area (Å²) in [6.07, 6.45) is 0.299. The fraction of sp³-hybridized carbons (Fsp3) is 0.846. The van der Waals surface area contributed by atoms with E-state index in [-0.39, 0.29) is 36.2 Å². The zero-order valence-electron chi connectivity index (χ0n) is 11.9. The number of hydrogen-bond donors (Lipinski definition) is 2. The van der Waals surface area contributed by atoms with Crippen LogP contribution in [0.4, 0.5) is 0 Å². The second-order valence-corrected chi connectivity index (χ2v) is 7.24. The van der Waals surface area contributed by atoms with Crippen molar-refractivity contribution in [2.24, 2.45) is 11.1 Å². The number of nitrogens with two attached hydrogens (primary N) is 1. The van der Waals surface area contributed by atoms with Gasteiger partial charge < -0.3 is 15.7 Å². The van der Waals surface area contributed by atoms with Crippen LogP contribution in [-0.4, -0.2) is 52.0 Å². The first-order valence-electron chi connectivity index (χ1n) is 6.56. The van der Waals surface area contributed by atoms with Gasteiger partial charge in [-0.2, -0.15) is 11.8 Å². The summed E-state index contributed by atoms with van der Waals surface area (Å²) in [6, 6.07) is -0.407. The van der Waals surface area contributed by atoms with Crippen molar-refractivity contribution in [3.8, 4) is 0 Å². The van der Waals surface area contributed by atoms with E-state index in [1.807, 2.05) is 20.8 Å². The number of carbonyl (C=O) groups excluding carboxylic acids is 1. The first-order chi connectivity index (χ1) is 8.71. The maximum absolute atomic E-state index is 12.3. The molecule has 0 aromatic heterocycles. The molecule has 1 aliphatic heterocycles. The predicted molar refractivity (Wildman–Crippen MR) is 77.1 cm³/mol. The van der Waals surface area contributed by atoms with Crippen LogP contribution in [0.1, 0.15) is 33.6 Å². The maximum Gasteiger partial charge on any atom is 0.305 e. The molecule has 0 aromatic rings. The Balaban J connectivity index is 2.64. The summed E-state index contributed by atoms with van der Waals surface area (Å²) in [5.74, 6) is 0.689. The summed E-state index contributed by atoms with van der Waals surface area (Å²) in [7, 11) is 0. The molecule has 1 saturated heterocycles. The summed E-state index contributed by atoms with van der Waals surface area (Å²) in [5, 5.41) is 8.90. The van der Waals surface area contributed by atoms with Gasteiger partial charge in [-0.05, 0) is 5.41 Å². The number of nitrogens with zero attached hydrogens (tertiary/aromatic N) is 1. The first kappa shape index (κ1) is 16.3. The van der Waals surface area contributed by atoms with Crippen molar-refractivity contribution in [2.45, 2.75) is 45.7 Å². The maximum atomic E-state index is 12.3. The van der Waals surface area contributed by atoms with E-state index < -0.39 is 5.97 Å². The largest absolute Gasteiger partial charge is 0.481 e. The third-order valence-corrected chi connectivity index (χ3v) is 4.56. The summed E-state index contributed by atoms with van der Waals surface area (Å²) >= 11 is 1.70. The van der Waals surface area contributed by atoms with E-state index in [2.05, 4.69) is 0 Å². The summed E-state index contributed by atoms with van der Waals surface area (Å²) in [5.41, 5.74) is 5.91. The molecule has 2 atom stereocenters. The number of amides is 1. The highest BCUT2D eigenvalue weighted by Crippen LogP contribution is 2.24. The number of rotatable bonds is 4. The van der Waals surface area contributed by atoms with Crippen LogP contribution in [0, 0.1) is 5.41 Å². The Kier molecular flexibility index (Phi) is 5.67. The van der Waals surface area contributed by atoms with Gasteiger partial charge in [0.15, 0.2) is 0 Å². The van der Waals surface area contributed by atoms with Gasteiger partial charge in [0.25, 0.3) is 0 Å². The average molecular weight is 288 g/mol. The highest BCUT2D eigenvalue weighted by Gasteiger charge is 2.31. The smallest absolute Gasteiger partial charge is 0.305 e. The number of carbonyl (C=O) groups is 2. The monoisotopic (exact) mass is 288 g/mol. The van der Waals surface area contributed by atoms with Gasteiger partial charge in [0.05, 0.1) is 12.5 Å². The van der Waals surface area contributed by atoms with E-state index in [9.17, 15) is 9.59 Å². The van der Waals surface area contributed by atoms with Crippen molar-refractivity contribution in [3.63, 3.8) is 0 Å². The van der Waals surface area contributed by atoms with Crippen LogP contribution in [0.25, 0.3) is 0 Å². The molecule has 1 aliphatic rings. The van der Waals surface area contributed by atoms with Crippen LogP contribution in [0.3, 0.4) is 0 Å². The van der Waals surface area contributed by atoms with Crippen molar-refractivity contribution >= 4 is 23.6 Å². The summed E-state index contributed by atoms with van der Waals surface area (Å²) in [4.78, 5) is 24.8. The van der Waals surface area contributed by atoms with Crippen molar-refractivity contribution in [1.29, 1.82) is 0 Å². The fourth-order valence-corrected chi connectivity index (χ4v) is 3.03. The minimum absolute atomic E-state index is 0.0174. The van der Waals surface area contributed by atoms with Crippen molar-refractivity contribution in [2.75, 3.05) is 18.1 Å². The number of thioether (sulfide) groups is 1. The normalized spacial score (nSPS) is 22.1. The van der Waals surface area contributed by atoms with E-state index in [0.29, 0.717) is 12.3 Å². The molecule has 0 spiro atoms. The Morgan fingerprint density at radius 1 is 1.47 bits per heavy atom. The van der Waals surface area contributed by atoms with Crippen molar-refractivity contribution in [1.82, 2.24) is 4.90 Å². The van der Waals surface area contributed by atoms with Gasteiger partial charge >= 0.3 is 5.97 Å². The minimum Gasteiger partial charge on any atom is -0.481 e. The standard InChI is InChI=1S/C13H24N2O3S/c1-13(2,3)10(14)7-11(16)15-4-5-19-8-9(15)6-12(17)18/h9-10H,4-8,14H2,1-3H3,(H,17,18). The Labute approximate surface area is 118 Å². The Bertz CT molecular complexity index is 341. The zero-order valence-corrected chi connectivity index (χ0v) is 12.7. The molecule has 1 rings (SSSR count). The number of hydrogen-bond acceptors (Lipinski definition) is 4. The lowest BCUT2D eigenvalue weighted by Crippen LogP contribution is -2.49. The molecule has 19 heavy (non-hydrogen) atoms. The van der Waals surface area contributed by atoms with Crippen LogP contribution in [0.5, 0.6) is 0 Å². The SMILES string of the molecule is CC(C)(C)C(N)CC(=O)N1CCSCC1CC(=O)O. The average Bonchev–Trinajstić information content (AvgIpc) is 2.27. The molecular weight excluding hydrogens is 264 g/mol. The van der Waals surface area contributed by atoms with Crippen molar-refractivity contribution < 1.29 is 14.7 Å². The molecule has 5 nitrogen and oxygen atoms in total. The molecule has 0 aromatic carbocycles. The molecule has 110 valence electrons. The van der Waals surface area contributed by atoms with Crippen LogP contribution >= 0.6 is 11.8 Å². The highest BCUT2D eigenvalue weighted by molar-refractivity contribution is 7.99. The lowest BCUT2D eigenvalue weighted by atomic mass is 9.85. The predicted octanol–water partition coefficient (Wildman–Crippen LogP) is 1.17. The second kappa shape index (κ2) is 6.61. The molecular formula is C13H24N2O3S. The lowest BCUT2D eigenvalue weighted by Gasteiger charge is -2.36. The molecule has 3 N–H and O–H groups in total. The van der Waals surface area contributed by atoms with Gasteiger partial charge in [-0.3, -0.25) is 9.59 Å². The molecule has 0 radical (unpaired) electrons. The van der Waals surface area contributed by atoms with E-state index in [1.54, 1.807) is 16.7 Å². The Hall–Kier alpha value is -0.750. The molecule has 1 heterocycles. The quantitative estimate of drug-likeness (QED) is 0.811. The molecule has 1 fully saturated rings. The molecule has 1 amide bonds. The molecule has 6 heteroatoms. The molecule has 0 saturated carbocycles. The summed E-state index contributed by atoms with van der Waals surface area (Å²) in [6.45, 7) is 6.64. The Morgan fingerprint density at radius 3 is 2.63 bits per heavy atom. The second-order valence-electron chi connectivity index (χ2n) is 6.09. The third-order valence-electron chi connectivity index (χ3n) is 3.47. The van der Waals surface area contributed by atoms with Crippen LogP contribution in [0.15, 0.2) is 0 Å². The fourth-order valence-electron chi connectivity index (χ4n) is 1.97. The highest BCUT2D eigenvalue weighted by atomic mass is 32.2. The Morgan fingerprint density at radius 2 is 2.11 bits per heavy atom. The van der Waals surface area contributed by atoms with Crippen LogP contribution < -0.4 is 5.73 Å². The van der Waals surface area contributed by atoms with Gasteiger partial charge in [-0.25, -0.2) is 0 Å². The number of carboxylic acids is 1. The first-order valence-corrected chi connectivity index (χ1v) is 7.72. The van der Waals surface area contributed by atoms with E-state index >= 15 is 0 Å². The van der Waals surface area contributed by atoms with E-state index in [0.717, 1.165) is 5.75 Å². The van der Waals surface area contributed by atoms with E-state index in [4.69, 9.17) is 10.8 Å². The van der Waals surface area contributed by atoms with Gasteiger partial charge in [-0.15, -0.1) is 0 Å². The molecule has 0 bridgehead atoms. The van der Waals surface area contributed by atoms with Crippen LogP contribution in [0.2, 0.25) is 0 Å². The minimum atomic E-state index is -0.856. The van der Waals surface area contributed by atoms with Crippen LogP contribution in [-0.2, 0) is 9.59 Å². The van der Waals surface area contributed by atoms with Gasteiger partial charge in [0, 0.05) is 30.5 Å². The number of aliphatic carboxylic acids is 1. The van der Waals surface area contributed by atoms with Gasteiger partial charge in [0.2, 0.25) is 5.91 Å². The third kappa shape index (κ3) is 5.03. The zero-order chi connectivity index (χ0) is 14.6. The van der Waals surface area contributed by atoms with E-state index in [1.165, 1.54) is 0 Å². The van der Waals surface area contributed by atoms with Gasteiger partial charge in [0.1, 0.15) is 0 Å². The lowest BCUT2D eigenvalue weighted by molar-refractivity contribution is -0.140. The van der Waals surface area contributed by atoms with Crippen molar-refractivity contribution in [3.05, 3.63) is 0 Å².